The van der Waals surface area contributed by atoms with Gasteiger partial charge in [0, 0.05) is 16.8 Å². The number of ether oxygens (including phenoxy) is 1. The van der Waals surface area contributed by atoms with Gasteiger partial charge in [0.1, 0.15) is 5.75 Å². The van der Waals surface area contributed by atoms with Crippen molar-refractivity contribution in [2.24, 2.45) is 0 Å². The maximum atomic E-state index is 12.2. The van der Waals surface area contributed by atoms with Gasteiger partial charge < -0.3 is 14.4 Å². The van der Waals surface area contributed by atoms with Gasteiger partial charge in [0.2, 0.25) is 0 Å². The number of carbonyl (C=O) groups is 1. The van der Waals surface area contributed by atoms with E-state index in [9.17, 15) is 9.90 Å². The first kappa shape index (κ1) is 14.2. The molecule has 0 aliphatic carbocycles. The smallest absolute Gasteiger partial charge is 0.340 e. The molecule has 3 rings (SSSR count). The molecule has 0 spiro atoms. The lowest BCUT2D eigenvalue weighted by Crippen LogP contribution is -2.04. The highest BCUT2D eigenvalue weighted by molar-refractivity contribution is 6.06. The van der Waals surface area contributed by atoms with Crippen molar-refractivity contribution in [3.63, 3.8) is 0 Å². The minimum Gasteiger partial charge on any atom is -0.508 e. The van der Waals surface area contributed by atoms with E-state index in [1.54, 1.807) is 12.1 Å². The standard InChI is InChI=1S/C18H17NO3/c1-11-5-4-6-13(9-11)19-12(2)17(18(21)22-3)15-10-14(20)7-8-16(15)19/h4-10,20H,1-3H3. The van der Waals surface area contributed by atoms with Crippen LogP contribution in [0.3, 0.4) is 0 Å². The van der Waals surface area contributed by atoms with Crippen LogP contribution in [0.2, 0.25) is 0 Å². The quantitative estimate of drug-likeness (QED) is 0.733. The summed E-state index contributed by atoms with van der Waals surface area (Å²) in [7, 11) is 1.36. The first-order valence-corrected chi connectivity index (χ1v) is 7.02. The Kier molecular flexibility index (Phi) is 3.37. The second-order valence-corrected chi connectivity index (χ2v) is 5.33. The summed E-state index contributed by atoms with van der Waals surface area (Å²) in [5.41, 5.74) is 4.25. The van der Waals surface area contributed by atoms with Crippen LogP contribution in [0.25, 0.3) is 16.6 Å². The van der Waals surface area contributed by atoms with Gasteiger partial charge in [-0.25, -0.2) is 4.79 Å². The number of hydrogen-bond donors (Lipinski definition) is 1. The third-order valence-electron chi connectivity index (χ3n) is 3.84. The number of phenolic OH excluding ortho intramolecular Hbond substituents is 1. The second-order valence-electron chi connectivity index (χ2n) is 5.33. The summed E-state index contributed by atoms with van der Waals surface area (Å²) in [6.07, 6.45) is 0. The zero-order chi connectivity index (χ0) is 15.9. The lowest BCUT2D eigenvalue weighted by Gasteiger charge is -2.09. The average Bonchev–Trinajstić information content (AvgIpc) is 2.77. The molecule has 0 radical (unpaired) electrons. The van der Waals surface area contributed by atoms with Crippen LogP contribution in [0, 0.1) is 13.8 Å². The number of esters is 1. The lowest BCUT2D eigenvalue weighted by molar-refractivity contribution is 0.0602. The summed E-state index contributed by atoms with van der Waals surface area (Å²) in [6, 6.07) is 13.1. The number of rotatable bonds is 2. The van der Waals surface area contributed by atoms with E-state index < -0.39 is 5.97 Å². The third-order valence-corrected chi connectivity index (χ3v) is 3.84. The molecule has 0 amide bonds. The number of aromatic hydroxyl groups is 1. The van der Waals surface area contributed by atoms with Gasteiger partial charge in [-0.2, -0.15) is 0 Å². The van der Waals surface area contributed by atoms with Crippen LogP contribution in [0.15, 0.2) is 42.5 Å². The van der Waals surface area contributed by atoms with E-state index in [0.717, 1.165) is 22.5 Å². The summed E-state index contributed by atoms with van der Waals surface area (Å²) in [4.78, 5) is 12.2. The molecular formula is C18H17NO3. The fraction of sp³-hybridized carbons (Fsp3) is 0.167. The molecule has 0 fully saturated rings. The van der Waals surface area contributed by atoms with Crippen molar-refractivity contribution in [2.75, 3.05) is 7.11 Å². The predicted molar refractivity (Wildman–Crippen MR) is 85.8 cm³/mol. The molecule has 0 atom stereocenters. The Morgan fingerprint density at radius 3 is 2.59 bits per heavy atom. The molecule has 0 aliphatic heterocycles. The number of phenols is 1. The summed E-state index contributed by atoms with van der Waals surface area (Å²) >= 11 is 0. The fourth-order valence-corrected chi connectivity index (χ4v) is 2.87. The van der Waals surface area contributed by atoms with Crippen molar-refractivity contribution in [1.82, 2.24) is 4.57 Å². The zero-order valence-corrected chi connectivity index (χ0v) is 12.8. The fourth-order valence-electron chi connectivity index (χ4n) is 2.87. The molecule has 2 aromatic carbocycles. The number of carbonyl (C=O) groups excluding carboxylic acids is 1. The van der Waals surface area contributed by atoms with Gasteiger partial charge in [0.05, 0.1) is 18.2 Å². The van der Waals surface area contributed by atoms with E-state index in [4.69, 9.17) is 4.74 Å². The van der Waals surface area contributed by atoms with Crippen LogP contribution < -0.4 is 0 Å². The normalized spacial score (nSPS) is 10.9. The SMILES string of the molecule is COC(=O)c1c(C)n(-c2cccc(C)c2)c2ccc(O)cc12. The van der Waals surface area contributed by atoms with E-state index in [1.165, 1.54) is 7.11 Å². The molecule has 4 nitrogen and oxygen atoms in total. The van der Waals surface area contributed by atoms with Crippen LogP contribution in [-0.2, 0) is 4.74 Å². The largest absolute Gasteiger partial charge is 0.508 e. The summed E-state index contributed by atoms with van der Waals surface area (Å²) < 4.78 is 6.91. The first-order chi connectivity index (χ1) is 10.5. The Morgan fingerprint density at radius 1 is 1.14 bits per heavy atom. The number of nitrogens with zero attached hydrogens (tertiary/aromatic N) is 1. The minimum absolute atomic E-state index is 0.124. The van der Waals surface area contributed by atoms with Crippen LogP contribution in [0.1, 0.15) is 21.6 Å². The van der Waals surface area contributed by atoms with Crippen molar-refractivity contribution in [1.29, 1.82) is 0 Å². The van der Waals surface area contributed by atoms with Crippen molar-refractivity contribution in [3.05, 3.63) is 59.3 Å². The van der Waals surface area contributed by atoms with Gasteiger partial charge in [-0.05, 0) is 49.7 Å². The van der Waals surface area contributed by atoms with Crippen LogP contribution >= 0.6 is 0 Å². The van der Waals surface area contributed by atoms with Crippen LogP contribution in [0.4, 0.5) is 0 Å². The maximum absolute atomic E-state index is 12.2. The highest BCUT2D eigenvalue weighted by Crippen LogP contribution is 2.32. The van der Waals surface area contributed by atoms with E-state index in [-0.39, 0.29) is 5.75 Å². The lowest BCUT2D eigenvalue weighted by atomic mass is 10.1. The molecule has 4 heteroatoms. The van der Waals surface area contributed by atoms with Gasteiger partial charge in [-0.1, -0.05) is 12.1 Å². The van der Waals surface area contributed by atoms with Gasteiger partial charge in [-0.15, -0.1) is 0 Å². The number of aryl methyl sites for hydroxylation is 1. The van der Waals surface area contributed by atoms with E-state index in [2.05, 4.69) is 6.07 Å². The predicted octanol–water partition coefficient (Wildman–Crippen LogP) is 3.74. The van der Waals surface area contributed by atoms with Crippen molar-refractivity contribution < 1.29 is 14.6 Å². The van der Waals surface area contributed by atoms with Gasteiger partial charge in [0.15, 0.2) is 0 Å². The van der Waals surface area contributed by atoms with E-state index in [0.29, 0.717) is 10.9 Å². The number of methoxy groups -OCH3 is 1. The van der Waals surface area contributed by atoms with Crippen LogP contribution in [0.5, 0.6) is 5.75 Å². The van der Waals surface area contributed by atoms with Crippen molar-refractivity contribution in [2.45, 2.75) is 13.8 Å². The number of fused-ring (bicyclic) bond motifs is 1. The molecule has 1 N–H and O–H groups in total. The molecular weight excluding hydrogens is 278 g/mol. The molecule has 1 aromatic heterocycles. The Bertz CT molecular complexity index is 877. The number of benzene rings is 2. The first-order valence-electron chi connectivity index (χ1n) is 7.02. The Labute approximate surface area is 128 Å². The van der Waals surface area contributed by atoms with Crippen molar-refractivity contribution >= 4 is 16.9 Å². The number of aromatic nitrogens is 1. The molecule has 112 valence electrons. The second kappa shape index (κ2) is 5.22. The molecule has 0 bridgehead atoms. The third kappa shape index (κ3) is 2.13. The Hall–Kier alpha value is -2.75. The molecule has 1 heterocycles. The van der Waals surface area contributed by atoms with Gasteiger partial charge >= 0.3 is 5.97 Å². The number of hydrogen-bond acceptors (Lipinski definition) is 3. The van der Waals surface area contributed by atoms with Gasteiger partial charge in [-0.3, -0.25) is 0 Å². The molecule has 22 heavy (non-hydrogen) atoms. The Morgan fingerprint density at radius 2 is 1.91 bits per heavy atom. The minimum atomic E-state index is -0.403. The zero-order valence-electron chi connectivity index (χ0n) is 12.8. The molecule has 0 unspecified atom stereocenters. The summed E-state index contributed by atoms with van der Waals surface area (Å²) in [6.45, 7) is 3.91. The average molecular weight is 295 g/mol. The molecule has 0 saturated heterocycles. The highest BCUT2D eigenvalue weighted by Gasteiger charge is 2.21. The maximum Gasteiger partial charge on any atom is 0.340 e. The highest BCUT2D eigenvalue weighted by atomic mass is 16.5. The van der Waals surface area contributed by atoms with E-state index in [1.807, 2.05) is 42.7 Å². The summed E-state index contributed by atoms with van der Waals surface area (Å²) in [5.74, 6) is -0.279. The topological polar surface area (TPSA) is 51.5 Å². The Balaban J connectivity index is 2.40. The van der Waals surface area contributed by atoms with Crippen LogP contribution in [-0.4, -0.2) is 22.8 Å². The monoisotopic (exact) mass is 295 g/mol. The molecule has 3 aromatic rings. The van der Waals surface area contributed by atoms with Crippen molar-refractivity contribution in [3.8, 4) is 11.4 Å². The van der Waals surface area contributed by atoms with E-state index >= 15 is 0 Å². The molecule has 0 aliphatic rings. The van der Waals surface area contributed by atoms with Gasteiger partial charge in [0.25, 0.3) is 0 Å². The summed E-state index contributed by atoms with van der Waals surface area (Å²) in [5, 5.41) is 10.4. The molecule has 0 saturated carbocycles.